The first-order valence-electron chi connectivity index (χ1n) is 11.5. The Hall–Kier alpha value is -2.63. The molecule has 168 valence electrons. The van der Waals surface area contributed by atoms with E-state index in [0.717, 1.165) is 62.3 Å². The monoisotopic (exact) mass is 448 g/mol. The van der Waals surface area contributed by atoms with Crippen LogP contribution in [0, 0.1) is 5.92 Å². The number of aryl methyl sites for hydroxylation is 1. The van der Waals surface area contributed by atoms with Gasteiger partial charge in [-0.15, -0.1) is 11.3 Å². The van der Waals surface area contributed by atoms with E-state index < -0.39 is 0 Å². The zero-order chi connectivity index (χ0) is 22.0. The molecule has 1 saturated heterocycles. The third kappa shape index (κ3) is 7.21. The van der Waals surface area contributed by atoms with Gasteiger partial charge >= 0.3 is 0 Å². The third-order valence-electron chi connectivity index (χ3n) is 6.07. The molecule has 0 saturated carbocycles. The summed E-state index contributed by atoms with van der Waals surface area (Å²) in [5, 5.41) is 5.30. The van der Waals surface area contributed by atoms with E-state index in [4.69, 9.17) is 4.74 Å². The van der Waals surface area contributed by atoms with Gasteiger partial charge in [0.05, 0.1) is 0 Å². The summed E-state index contributed by atoms with van der Waals surface area (Å²) in [7, 11) is 0. The zero-order valence-corrected chi connectivity index (χ0v) is 19.4. The summed E-state index contributed by atoms with van der Waals surface area (Å²) in [5.74, 6) is 1.60. The van der Waals surface area contributed by atoms with Gasteiger partial charge in [0.1, 0.15) is 12.4 Å². The number of hydrogen-bond acceptors (Lipinski definition) is 4. The van der Waals surface area contributed by atoms with Crippen molar-refractivity contribution < 1.29 is 9.53 Å². The quantitative estimate of drug-likeness (QED) is 0.458. The predicted molar refractivity (Wildman–Crippen MR) is 131 cm³/mol. The Kier molecular flexibility index (Phi) is 8.35. The van der Waals surface area contributed by atoms with E-state index in [9.17, 15) is 4.79 Å². The molecular weight excluding hydrogens is 416 g/mol. The number of benzene rings is 2. The molecule has 0 aliphatic carbocycles. The average molecular weight is 449 g/mol. The number of carbonyl (C=O) groups excluding carboxylic acids is 1. The fourth-order valence-corrected chi connectivity index (χ4v) is 4.82. The number of nitrogens with zero attached hydrogens (tertiary/aromatic N) is 1. The van der Waals surface area contributed by atoms with E-state index in [1.807, 2.05) is 41.7 Å². The van der Waals surface area contributed by atoms with E-state index in [0.29, 0.717) is 18.9 Å². The Labute approximate surface area is 195 Å². The first-order chi connectivity index (χ1) is 15.7. The molecule has 0 radical (unpaired) electrons. The van der Waals surface area contributed by atoms with Crippen LogP contribution in [0.15, 0.2) is 72.1 Å². The Bertz CT molecular complexity index is 934. The second-order valence-electron chi connectivity index (χ2n) is 8.52. The van der Waals surface area contributed by atoms with E-state index in [-0.39, 0.29) is 5.91 Å². The van der Waals surface area contributed by atoms with Crippen LogP contribution in [-0.2, 0) is 24.4 Å². The molecule has 1 aliphatic heterocycles. The Morgan fingerprint density at radius 2 is 1.75 bits per heavy atom. The van der Waals surface area contributed by atoms with Gasteiger partial charge in [-0.3, -0.25) is 9.69 Å². The smallest absolute Gasteiger partial charge is 0.220 e. The lowest BCUT2D eigenvalue weighted by Gasteiger charge is -2.31. The number of ether oxygens (including phenoxy) is 1. The van der Waals surface area contributed by atoms with Crippen molar-refractivity contribution in [3.63, 3.8) is 0 Å². The number of piperidine rings is 1. The third-order valence-corrected chi connectivity index (χ3v) is 6.93. The van der Waals surface area contributed by atoms with Gasteiger partial charge in [0.2, 0.25) is 5.91 Å². The van der Waals surface area contributed by atoms with Gasteiger partial charge in [-0.25, -0.2) is 0 Å². The van der Waals surface area contributed by atoms with Crippen molar-refractivity contribution in [2.24, 2.45) is 5.92 Å². The van der Waals surface area contributed by atoms with E-state index in [1.165, 1.54) is 4.88 Å². The van der Waals surface area contributed by atoms with Crippen molar-refractivity contribution >= 4 is 17.2 Å². The minimum absolute atomic E-state index is 0.149. The van der Waals surface area contributed by atoms with E-state index in [2.05, 4.69) is 52.0 Å². The molecule has 1 N–H and O–H groups in total. The molecule has 32 heavy (non-hydrogen) atoms. The van der Waals surface area contributed by atoms with Crippen LogP contribution in [0.4, 0.5) is 0 Å². The Balaban J connectivity index is 1.10. The van der Waals surface area contributed by atoms with Crippen LogP contribution >= 0.6 is 11.3 Å². The van der Waals surface area contributed by atoms with E-state index in [1.54, 1.807) is 0 Å². The first-order valence-corrected chi connectivity index (χ1v) is 12.4. The summed E-state index contributed by atoms with van der Waals surface area (Å²) in [6.07, 6.45) is 3.61. The highest BCUT2D eigenvalue weighted by Crippen LogP contribution is 2.20. The maximum absolute atomic E-state index is 12.3. The summed E-state index contributed by atoms with van der Waals surface area (Å²) >= 11 is 1.83. The highest BCUT2D eigenvalue weighted by molar-refractivity contribution is 7.09. The summed E-state index contributed by atoms with van der Waals surface area (Å²) in [6, 6.07) is 22.6. The normalized spacial score (nSPS) is 14.9. The molecule has 5 heteroatoms. The largest absolute Gasteiger partial charge is 0.489 e. The number of likely N-dealkylation sites (tertiary alicyclic amines) is 1. The number of rotatable bonds is 10. The maximum Gasteiger partial charge on any atom is 0.220 e. The minimum atomic E-state index is 0.149. The van der Waals surface area contributed by atoms with Gasteiger partial charge in [0.25, 0.3) is 0 Å². The molecule has 1 aromatic heterocycles. The molecular formula is C27H32N2O2S. The van der Waals surface area contributed by atoms with Crippen LogP contribution in [0.25, 0.3) is 0 Å². The Morgan fingerprint density at radius 1 is 0.969 bits per heavy atom. The topological polar surface area (TPSA) is 41.6 Å². The molecule has 0 bridgehead atoms. The molecule has 4 rings (SSSR count). The van der Waals surface area contributed by atoms with Gasteiger partial charge < -0.3 is 10.1 Å². The predicted octanol–water partition coefficient (Wildman–Crippen LogP) is 5.29. The SMILES string of the molecule is O=C(CCc1ccc(OCc2ccccc2)cc1)NCC1CCN(Cc2cccs2)CC1. The van der Waals surface area contributed by atoms with Gasteiger partial charge in [0.15, 0.2) is 0 Å². The molecule has 3 aromatic rings. The average Bonchev–Trinajstić information content (AvgIpc) is 3.35. The van der Waals surface area contributed by atoms with Crippen molar-refractivity contribution in [3.8, 4) is 5.75 Å². The van der Waals surface area contributed by atoms with Crippen LogP contribution in [0.2, 0.25) is 0 Å². The summed E-state index contributed by atoms with van der Waals surface area (Å²) in [6.45, 7) is 4.68. The molecule has 0 spiro atoms. The molecule has 0 atom stereocenters. The highest BCUT2D eigenvalue weighted by atomic mass is 32.1. The van der Waals surface area contributed by atoms with Crippen LogP contribution < -0.4 is 10.1 Å². The fourth-order valence-electron chi connectivity index (χ4n) is 4.07. The Morgan fingerprint density at radius 3 is 2.47 bits per heavy atom. The van der Waals surface area contributed by atoms with Gasteiger partial charge in [-0.1, -0.05) is 48.5 Å². The number of nitrogens with one attached hydrogen (secondary N) is 1. The molecule has 2 heterocycles. The van der Waals surface area contributed by atoms with Gasteiger partial charge in [-0.2, -0.15) is 0 Å². The maximum atomic E-state index is 12.3. The van der Waals surface area contributed by atoms with Crippen LogP contribution in [0.3, 0.4) is 0 Å². The van der Waals surface area contributed by atoms with Crippen molar-refractivity contribution in [2.45, 2.75) is 38.8 Å². The van der Waals surface area contributed by atoms with Crippen LogP contribution in [-0.4, -0.2) is 30.4 Å². The molecule has 1 fully saturated rings. The van der Waals surface area contributed by atoms with Crippen molar-refractivity contribution in [1.82, 2.24) is 10.2 Å². The summed E-state index contributed by atoms with van der Waals surface area (Å²) in [5.41, 5.74) is 2.32. The van der Waals surface area contributed by atoms with Crippen molar-refractivity contribution in [3.05, 3.63) is 88.1 Å². The fraction of sp³-hybridized carbons (Fsp3) is 0.370. The standard InChI is InChI=1S/C27H32N2O2S/c30-27(28-19-23-14-16-29(17-15-23)20-26-7-4-18-32-26)13-10-22-8-11-25(12-9-22)31-21-24-5-2-1-3-6-24/h1-9,11-12,18,23H,10,13-17,19-21H2,(H,28,30). The number of carbonyl (C=O) groups is 1. The molecule has 0 unspecified atom stereocenters. The lowest BCUT2D eigenvalue weighted by atomic mass is 9.96. The summed E-state index contributed by atoms with van der Waals surface area (Å²) in [4.78, 5) is 16.3. The van der Waals surface area contributed by atoms with Gasteiger partial charge in [0, 0.05) is 24.4 Å². The lowest BCUT2D eigenvalue weighted by Crippen LogP contribution is -2.38. The molecule has 1 aliphatic rings. The summed E-state index contributed by atoms with van der Waals surface area (Å²) < 4.78 is 5.83. The van der Waals surface area contributed by atoms with Crippen LogP contribution in [0.1, 0.15) is 35.3 Å². The first kappa shape index (κ1) is 22.6. The lowest BCUT2D eigenvalue weighted by molar-refractivity contribution is -0.121. The van der Waals surface area contributed by atoms with Crippen LogP contribution in [0.5, 0.6) is 5.75 Å². The number of thiophene rings is 1. The molecule has 1 amide bonds. The van der Waals surface area contributed by atoms with Crippen molar-refractivity contribution in [2.75, 3.05) is 19.6 Å². The zero-order valence-electron chi connectivity index (χ0n) is 18.5. The number of amides is 1. The second-order valence-corrected chi connectivity index (χ2v) is 9.55. The highest BCUT2D eigenvalue weighted by Gasteiger charge is 2.20. The minimum Gasteiger partial charge on any atom is -0.489 e. The molecule has 2 aromatic carbocycles. The number of hydrogen-bond donors (Lipinski definition) is 1. The molecule has 4 nitrogen and oxygen atoms in total. The van der Waals surface area contributed by atoms with Gasteiger partial charge in [-0.05, 0) is 73.0 Å². The second kappa shape index (κ2) is 11.8. The van der Waals surface area contributed by atoms with E-state index >= 15 is 0 Å². The van der Waals surface area contributed by atoms with Crippen molar-refractivity contribution in [1.29, 1.82) is 0 Å².